The molecule has 3 aromatic carbocycles. The van der Waals surface area contributed by atoms with E-state index in [0.717, 1.165) is 0 Å². The molecule has 0 spiro atoms. The number of nitro groups is 1. The number of nitro benzene ring substituents is 1. The first kappa shape index (κ1) is 22.3. The number of esters is 1. The number of rotatable bonds is 8. The van der Waals surface area contributed by atoms with Crippen molar-refractivity contribution in [3.63, 3.8) is 0 Å². The second kappa shape index (κ2) is 10.1. The van der Waals surface area contributed by atoms with Crippen molar-refractivity contribution in [1.29, 1.82) is 0 Å². The van der Waals surface area contributed by atoms with Gasteiger partial charge in [-0.05, 0) is 55.0 Å². The van der Waals surface area contributed by atoms with Crippen molar-refractivity contribution in [2.24, 2.45) is 0 Å². The summed E-state index contributed by atoms with van der Waals surface area (Å²) >= 11 is 5.86. The average molecular weight is 442 g/mol. The molecule has 0 aliphatic rings. The summed E-state index contributed by atoms with van der Waals surface area (Å²) in [6.07, 6.45) is -0.965. The molecule has 0 radical (unpaired) electrons. The van der Waals surface area contributed by atoms with Gasteiger partial charge in [0.25, 0.3) is 5.69 Å². The van der Waals surface area contributed by atoms with E-state index in [4.69, 9.17) is 21.1 Å². The van der Waals surface area contributed by atoms with Crippen LogP contribution in [-0.4, -0.2) is 22.6 Å². The van der Waals surface area contributed by atoms with Gasteiger partial charge in [-0.1, -0.05) is 29.8 Å². The summed E-state index contributed by atoms with van der Waals surface area (Å²) in [7, 11) is 0. The molecule has 1 unspecified atom stereocenters. The summed E-state index contributed by atoms with van der Waals surface area (Å²) in [5, 5.41) is 22.6. The molecule has 0 heterocycles. The highest BCUT2D eigenvalue weighted by Gasteiger charge is 2.21. The van der Waals surface area contributed by atoms with Crippen LogP contribution in [0.15, 0.2) is 66.7 Å². The molecule has 0 amide bonds. The Morgan fingerprint density at radius 3 is 2.26 bits per heavy atom. The molecule has 7 nitrogen and oxygen atoms in total. The van der Waals surface area contributed by atoms with Crippen LogP contribution in [0.5, 0.6) is 11.5 Å². The molecule has 8 heteroatoms. The van der Waals surface area contributed by atoms with E-state index in [1.807, 2.05) is 0 Å². The van der Waals surface area contributed by atoms with Crippen LogP contribution in [0, 0.1) is 10.1 Å². The lowest BCUT2D eigenvalue weighted by Gasteiger charge is -2.13. The van der Waals surface area contributed by atoms with Crippen LogP contribution in [0.2, 0.25) is 5.02 Å². The lowest BCUT2D eigenvalue weighted by Crippen LogP contribution is -2.08. The van der Waals surface area contributed by atoms with E-state index in [-0.39, 0.29) is 24.3 Å². The molecule has 0 saturated heterocycles. The number of hydrogen-bond acceptors (Lipinski definition) is 6. The highest BCUT2D eigenvalue weighted by molar-refractivity contribution is 6.30. The van der Waals surface area contributed by atoms with Crippen molar-refractivity contribution >= 4 is 23.3 Å². The predicted octanol–water partition coefficient (Wildman–Crippen LogP) is 5.49. The average Bonchev–Trinajstić information content (AvgIpc) is 2.76. The second-order valence-electron chi connectivity index (χ2n) is 6.67. The smallest absolute Gasteiger partial charge is 0.338 e. The van der Waals surface area contributed by atoms with Crippen molar-refractivity contribution in [2.45, 2.75) is 19.4 Å². The maximum atomic E-state index is 11.8. The first-order valence-electron chi connectivity index (χ1n) is 9.53. The van der Waals surface area contributed by atoms with Gasteiger partial charge in [-0.2, -0.15) is 0 Å². The molecule has 160 valence electrons. The number of benzene rings is 3. The standard InChI is InChI=1S/C23H20ClNO6/c1-2-30-23(27)17-4-3-16(21(13-17)25(28)29)14-22(26)15-5-9-19(10-6-15)31-20-11-7-18(24)8-12-20/h3-13,22,26H,2,14H2,1H3. The first-order valence-corrected chi connectivity index (χ1v) is 9.91. The Labute approximate surface area is 184 Å². The Hall–Kier alpha value is -3.42. The summed E-state index contributed by atoms with van der Waals surface area (Å²) in [5.41, 5.74) is 0.738. The Kier molecular flexibility index (Phi) is 7.23. The zero-order valence-electron chi connectivity index (χ0n) is 16.7. The SMILES string of the molecule is CCOC(=O)c1ccc(CC(O)c2ccc(Oc3ccc(Cl)cc3)cc2)c([N+](=O)[O-])c1. The van der Waals surface area contributed by atoms with Gasteiger partial charge in [-0.15, -0.1) is 0 Å². The number of carbonyl (C=O) groups is 1. The van der Waals surface area contributed by atoms with Gasteiger partial charge < -0.3 is 14.6 Å². The lowest BCUT2D eigenvalue weighted by atomic mass is 9.99. The number of aliphatic hydroxyl groups is 1. The van der Waals surface area contributed by atoms with Crippen LogP contribution >= 0.6 is 11.6 Å². The molecule has 0 aromatic heterocycles. The monoisotopic (exact) mass is 441 g/mol. The van der Waals surface area contributed by atoms with Crippen LogP contribution in [0.4, 0.5) is 5.69 Å². The van der Waals surface area contributed by atoms with Gasteiger partial charge in [0.05, 0.1) is 23.2 Å². The minimum absolute atomic E-state index is 0.0107. The van der Waals surface area contributed by atoms with Crippen molar-refractivity contribution in [3.05, 3.63) is 98.6 Å². The van der Waals surface area contributed by atoms with Gasteiger partial charge in [-0.3, -0.25) is 10.1 Å². The molecule has 0 aliphatic heterocycles. The van der Waals surface area contributed by atoms with Gasteiger partial charge in [0.2, 0.25) is 0 Å². The fourth-order valence-corrected chi connectivity index (χ4v) is 3.10. The minimum Gasteiger partial charge on any atom is -0.462 e. The third kappa shape index (κ3) is 5.81. The Morgan fingerprint density at radius 2 is 1.68 bits per heavy atom. The number of carbonyl (C=O) groups excluding carboxylic acids is 1. The molecular weight excluding hydrogens is 422 g/mol. The Balaban J connectivity index is 1.73. The van der Waals surface area contributed by atoms with Gasteiger partial charge in [-0.25, -0.2) is 4.79 Å². The zero-order valence-corrected chi connectivity index (χ0v) is 17.4. The van der Waals surface area contributed by atoms with E-state index in [1.54, 1.807) is 55.5 Å². The van der Waals surface area contributed by atoms with Crippen LogP contribution < -0.4 is 4.74 Å². The van der Waals surface area contributed by atoms with Crippen molar-refractivity contribution in [3.8, 4) is 11.5 Å². The fraction of sp³-hybridized carbons (Fsp3) is 0.174. The second-order valence-corrected chi connectivity index (χ2v) is 7.10. The fourth-order valence-electron chi connectivity index (χ4n) is 2.97. The van der Waals surface area contributed by atoms with Gasteiger partial charge in [0, 0.05) is 23.1 Å². The van der Waals surface area contributed by atoms with Crippen LogP contribution in [0.25, 0.3) is 0 Å². The highest BCUT2D eigenvalue weighted by atomic mass is 35.5. The lowest BCUT2D eigenvalue weighted by molar-refractivity contribution is -0.385. The minimum atomic E-state index is -0.975. The Morgan fingerprint density at radius 1 is 1.06 bits per heavy atom. The van der Waals surface area contributed by atoms with E-state index in [9.17, 15) is 20.0 Å². The van der Waals surface area contributed by atoms with E-state index >= 15 is 0 Å². The van der Waals surface area contributed by atoms with Crippen LogP contribution in [0.1, 0.15) is 34.5 Å². The largest absolute Gasteiger partial charge is 0.462 e. The first-order chi connectivity index (χ1) is 14.9. The topological polar surface area (TPSA) is 98.9 Å². The quantitative estimate of drug-likeness (QED) is 0.282. The van der Waals surface area contributed by atoms with Crippen molar-refractivity contribution in [2.75, 3.05) is 6.61 Å². The third-order valence-corrected chi connectivity index (χ3v) is 4.77. The van der Waals surface area contributed by atoms with Crippen molar-refractivity contribution < 1.29 is 24.3 Å². The summed E-state index contributed by atoms with van der Waals surface area (Å²) in [4.78, 5) is 22.7. The molecule has 3 rings (SSSR count). The number of hydrogen-bond donors (Lipinski definition) is 1. The molecular formula is C23H20ClNO6. The zero-order chi connectivity index (χ0) is 22.4. The molecule has 0 saturated carbocycles. The number of aliphatic hydroxyl groups excluding tert-OH is 1. The van der Waals surface area contributed by atoms with Crippen LogP contribution in [-0.2, 0) is 11.2 Å². The predicted molar refractivity (Wildman–Crippen MR) is 116 cm³/mol. The molecule has 3 aromatic rings. The normalized spacial score (nSPS) is 11.6. The summed E-state index contributed by atoms with van der Waals surface area (Å²) in [6.45, 7) is 1.83. The maximum Gasteiger partial charge on any atom is 0.338 e. The maximum absolute atomic E-state index is 11.8. The van der Waals surface area contributed by atoms with E-state index in [2.05, 4.69) is 0 Å². The van der Waals surface area contributed by atoms with E-state index in [0.29, 0.717) is 27.6 Å². The van der Waals surface area contributed by atoms with Gasteiger partial charge >= 0.3 is 5.97 Å². The Bertz CT molecular complexity index is 1070. The highest BCUT2D eigenvalue weighted by Crippen LogP contribution is 2.29. The summed E-state index contributed by atoms with van der Waals surface area (Å²) in [5.74, 6) is 0.562. The molecule has 1 atom stereocenters. The number of ether oxygens (including phenoxy) is 2. The number of halogens is 1. The van der Waals surface area contributed by atoms with E-state index in [1.165, 1.54) is 18.2 Å². The molecule has 0 bridgehead atoms. The third-order valence-electron chi connectivity index (χ3n) is 4.52. The van der Waals surface area contributed by atoms with Gasteiger partial charge in [0.1, 0.15) is 11.5 Å². The summed E-state index contributed by atoms with van der Waals surface area (Å²) in [6, 6.07) is 17.8. The molecule has 31 heavy (non-hydrogen) atoms. The molecule has 0 fully saturated rings. The molecule has 1 N–H and O–H groups in total. The van der Waals surface area contributed by atoms with Crippen molar-refractivity contribution in [1.82, 2.24) is 0 Å². The van der Waals surface area contributed by atoms with Gasteiger partial charge in [0.15, 0.2) is 0 Å². The number of nitrogens with zero attached hydrogens (tertiary/aromatic N) is 1. The van der Waals surface area contributed by atoms with Crippen LogP contribution in [0.3, 0.4) is 0 Å². The van der Waals surface area contributed by atoms with E-state index < -0.39 is 17.0 Å². The summed E-state index contributed by atoms with van der Waals surface area (Å²) < 4.78 is 10.6. The molecule has 0 aliphatic carbocycles.